The molecule has 0 saturated carbocycles. The first kappa shape index (κ1) is 25.6. The Kier molecular flexibility index (Phi) is 8.44. The Bertz CT molecular complexity index is 1220. The summed E-state index contributed by atoms with van der Waals surface area (Å²) in [4.78, 5) is 23.1. The van der Waals surface area contributed by atoms with E-state index in [1.54, 1.807) is 6.07 Å². The molecule has 3 rings (SSSR count). The number of rotatable bonds is 6. The van der Waals surface area contributed by atoms with E-state index in [-0.39, 0.29) is 62.3 Å². The fourth-order valence-electron chi connectivity index (χ4n) is 2.58. The molecule has 1 unspecified atom stereocenters. The van der Waals surface area contributed by atoms with E-state index < -0.39 is 28.5 Å². The summed E-state index contributed by atoms with van der Waals surface area (Å²) < 4.78 is 56.3. The van der Waals surface area contributed by atoms with Crippen LogP contribution < -0.4 is 65.5 Å². The van der Waals surface area contributed by atoms with Crippen LogP contribution in [0.2, 0.25) is 5.15 Å². The quantitative estimate of drug-likeness (QED) is 0.331. The summed E-state index contributed by atoms with van der Waals surface area (Å²) in [5, 5.41) is 0.0838. The number of nitrogens with zero attached hydrogens (tertiary/aromatic N) is 2. The van der Waals surface area contributed by atoms with Crippen molar-refractivity contribution in [1.82, 2.24) is 14.0 Å². The second kappa shape index (κ2) is 9.88. The van der Waals surface area contributed by atoms with Crippen LogP contribution in [0, 0.1) is 5.82 Å². The standard InChI is InChI=1S/C16H14ClFN3O6PS.K/c1-27-14-7-2-10(8-13(14)18)15-16(17)19-9-21(15)11-3-5-12(6-4-11)29(25,26)20-28(22,23)24;/h2-9H,1H3,(H3,20,22,23,24);/q;+1/p-1. The number of hydrogen-bond donors (Lipinski definition) is 2. The molecule has 14 heteroatoms. The van der Waals surface area contributed by atoms with Gasteiger partial charge in [-0.05, 0) is 42.5 Å². The minimum atomic E-state index is -5.25. The third-order valence-corrected chi connectivity index (χ3v) is 6.86. The molecule has 2 aromatic carbocycles. The Morgan fingerprint density at radius 1 is 1.27 bits per heavy atom. The molecule has 1 aromatic heterocycles. The normalized spacial score (nSPS) is 13.4. The smallest absolute Gasteiger partial charge is 0.766 e. The molecule has 0 radical (unpaired) electrons. The molecule has 0 aliphatic carbocycles. The van der Waals surface area contributed by atoms with Crippen LogP contribution in [0.15, 0.2) is 53.7 Å². The molecular weight excluding hydrogens is 487 g/mol. The van der Waals surface area contributed by atoms with Crippen molar-refractivity contribution < 1.29 is 83.3 Å². The fraction of sp³-hybridized carbons (Fsp3) is 0.0625. The predicted molar refractivity (Wildman–Crippen MR) is 101 cm³/mol. The molecule has 0 aliphatic heterocycles. The number of imidazole rings is 1. The molecule has 9 nitrogen and oxygen atoms in total. The third kappa shape index (κ3) is 5.78. The third-order valence-electron chi connectivity index (χ3n) is 3.81. The van der Waals surface area contributed by atoms with Gasteiger partial charge in [0.1, 0.15) is 6.33 Å². The Balaban J connectivity index is 0.00000320. The minimum Gasteiger partial charge on any atom is -0.766 e. The molecular formula is C16H13ClFKN3O6PS. The maximum atomic E-state index is 14.1. The average molecular weight is 500 g/mol. The van der Waals surface area contributed by atoms with E-state index in [9.17, 15) is 22.3 Å². The zero-order chi connectivity index (χ0) is 21.4. The maximum Gasteiger partial charge on any atom is 1.00 e. The molecule has 0 aliphatic rings. The molecule has 30 heavy (non-hydrogen) atoms. The van der Waals surface area contributed by atoms with Gasteiger partial charge in [-0.15, -0.1) is 4.49 Å². The molecule has 0 spiro atoms. The van der Waals surface area contributed by atoms with Crippen molar-refractivity contribution in [3.8, 4) is 22.7 Å². The maximum absolute atomic E-state index is 14.1. The van der Waals surface area contributed by atoms with Crippen LogP contribution in [-0.2, 0) is 14.6 Å². The second-order valence-electron chi connectivity index (χ2n) is 5.71. The van der Waals surface area contributed by atoms with Gasteiger partial charge >= 0.3 is 51.4 Å². The van der Waals surface area contributed by atoms with Crippen molar-refractivity contribution in [3.63, 3.8) is 0 Å². The Hall–Kier alpha value is -0.634. The van der Waals surface area contributed by atoms with E-state index in [1.165, 1.54) is 42.3 Å². The van der Waals surface area contributed by atoms with Crippen LogP contribution in [0.3, 0.4) is 0 Å². The number of hydrogen-bond acceptors (Lipinski definition) is 6. The van der Waals surface area contributed by atoms with Crippen molar-refractivity contribution in [1.29, 1.82) is 0 Å². The van der Waals surface area contributed by atoms with Crippen molar-refractivity contribution >= 4 is 29.4 Å². The van der Waals surface area contributed by atoms with E-state index in [0.29, 0.717) is 16.9 Å². The van der Waals surface area contributed by atoms with Crippen LogP contribution in [0.25, 0.3) is 16.9 Å². The van der Waals surface area contributed by atoms with E-state index in [0.717, 1.165) is 16.6 Å². The van der Waals surface area contributed by atoms with Crippen LogP contribution in [0.1, 0.15) is 0 Å². The fourth-order valence-corrected chi connectivity index (χ4v) is 4.96. The number of aromatic nitrogens is 2. The zero-order valence-electron chi connectivity index (χ0n) is 15.6. The van der Waals surface area contributed by atoms with Gasteiger partial charge in [0.25, 0.3) is 0 Å². The van der Waals surface area contributed by atoms with Crippen LogP contribution in [0.4, 0.5) is 4.39 Å². The summed E-state index contributed by atoms with van der Waals surface area (Å²) in [5.74, 6) is -0.551. The molecule has 154 valence electrons. The molecule has 1 atom stereocenters. The first-order valence-corrected chi connectivity index (χ1v) is 11.2. The van der Waals surface area contributed by atoms with Gasteiger partial charge in [0.2, 0.25) is 17.8 Å². The van der Waals surface area contributed by atoms with E-state index in [1.807, 2.05) is 0 Å². The van der Waals surface area contributed by atoms with Crippen LogP contribution in [0.5, 0.6) is 5.75 Å². The molecule has 0 saturated heterocycles. The van der Waals surface area contributed by atoms with E-state index in [4.69, 9.17) is 21.2 Å². The van der Waals surface area contributed by atoms with Crippen molar-refractivity contribution in [2.75, 3.05) is 7.11 Å². The zero-order valence-corrected chi connectivity index (χ0v) is 21.2. The largest absolute Gasteiger partial charge is 1.00 e. The number of halogens is 2. The summed E-state index contributed by atoms with van der Waals surface area (Å²) >= 11 is 6.15. The summed E-state index contributed by atoms with van der Waals surface area (Å²) in [6, 6.07) is 9.20. The molecule has 3 aromatic rings. The summed E-state index contributed by atoms with van der Waals surface area (Å²) in [7, 11) is -8.39. The summed E-state index contributed by atoms with van der Waals surface area (Å²) in [6.07, 6.45) is 1.36. The van der Waals surface area contributed by atoms with Gasteiger partial charge in [-0.1, -0.05) is 11.6 Å². The van der Waals surface area contributed by atoms with Crippen molar-refractivity contribution in [2.24, 2.45) is 0 Å². The number of ether oxygens (including phenoxy) is 1. The molecule has 2 N–H and O–H groups in total. The van der Waals surface area contributed by atoms with E-state index in [2.05, 4.69) is 4.98 Å². The van der Waals surface area contributed by atoms with Gasteiger partial charge in [0.15, 0.2) is 16.7 Å². The van der Waals surface area contributed by atoms with Crippen LogP contribution in [-0.4, -0.2) is 30.0 Å². The number of nitrogens with one attached hydrogen (secondary N) is 1. The minimum absolute atomic E-state index is 0. The van der Waals surface area contributed by atoms with Gasteiger partial charge in [-0.25, -0.2) is 17.8 Å². The first-order chi connectivity index (χ1) is 13.5. The average Bonchev–Trinajstić information content (AvgIpc) is 3.01. The number of sulfonamides is 1. The topological polar surface area (TPSA) is 134 Å². The molecule has 1 heterocycles. The van der Waals surface area contributed by atoms with E-state index >= 15 is 0 Å². The van der Waals surface area contributed by atoms with Crippen molar-refractivity contribution in [2.45, 2.75) is 4.90 Å². The SMILES string of the molecule is COc1ccc(-c2c(Cl)ncn2-c2ccc(S(=O)(=O)NP(=O)([O-])O)cc2)cc1F.[K+]. The van der Waals surface area contributed by atoms with Gasteiger partial charge in [0, 0.05) is 11.3 Å². The molecule has 0 amide bonds. The molecule has 0 fully saturated rings. The van der Waals surface area contributed by atoms with Gasteiger partial charge in [-0.2, -0.15) is 0 Å². The Morgan fingerprint density at radius 3 is 2.43 bits per heavy atom. The Labute approximate surface area is 218 Å². The van der Waals surface area contributed by atoms with Gasteiger partial charge in [0.05, 0.1) is 17.7 Å². The predicted octanol–water partition coefficient (Wildman–Crippen LogP) is -0.917. The van der Waals surface area contributed by atoms with Crippen LogP contribution >= 0.6 is 19.3 Å². The number of benzene rings is 2. The number of methoxy groups -OCH3 is 1. The first-order valence-electron chi connectivity index (χ1n) is 7.77. The summed E-state index contributed by atoms with van der Waals surface area (Å²) in [5.41, 5.74) is 1.17. The summed E-state index contributed by atoms with van der Waals surface area (Å²) in [6.45, 7) is 0. The second-order valence-corrected chi connectivity index (χ2v) is 9.32. The van der Waals surface area contributed by atoms with Gasteiger partial charge in [-0.3, -0.25) is 9.13 Å². The van der Waals surface area contributed by atoms with Crippen molar-refractivity contribution in [3.05, 3.63) is 59.8 Å². The Morgan fingerprint density at radius 2 is 1.90 bits per heavy atom. The monoisotopic (exact) mass is 499 g/mol. The molecule has 0 bridgehead atoms. The van der Waals surface area contributed by atoms with Gasteiger partial charge < -0.3 is 14.5 Å².